The van der Waals surface area contributed by atoms with Gasteiger partial charge in [-0.15, -0.1) is 23.1 Å². The van der Waals surface area contributed by atoms with E-state index in [0.29, 0.717) is 38.8 Å². The number of thioether (sulfide) groups is 1. The highest BCUT2D eigenvalue weighted by atomic mass is 32.2. The Kier molecular flexibility index (Phi) is 6.92. The van der Waals surface area contributed by atoms with Gasteiger partial charge in [0.15, 0.2) is 0 Å². The summed E-state index contributed by atoms with van der Waals surface area (Å²) in [4.78, 5) is 35.0. The maximum Gasteiger partial charge on any atom is 0.261 e. The van der Waals surface area contributed by atoms with Gasteiger partial charge in [-0.3, -0.25) is 9.59 Å². The number of nitrogens with zero attached hydrogens (tertiary/aromatic N) is 1. The van der Waals surface area contributed by atoms with Crippen LogP contribution in [0.3, 0.4) is 0 Å². The second kappa shape index (κ2) is 9.41. The Morgan fingerprint density at radius 1 is 1.31 bits per heavy atom. The number of aromatic nitrogens is 2. The number of rotatable bonds is 7. The van der Waals surface area contributed by atoms with Crippen LogP contribution >= 0.6 is 23.1 Å². The van der Waals surface area contributed by atoms with E-state index in [1.807, 2.05) is 19.1 Å². The summed E-state index contributed by atoms with van der Waals surface area (Å²) in [6.07, 6.45) is 4.74. The number of benzene rings is 1. The summed E-state index contributed by atoms with van der Waals surface area (Å²) in [7, 11) is 0. The molecule has 3 aromatic rings. The van der Waals surface area contributed by atoms with Gasteiger partial charge in [0, 0.05) is 11.4 Å². The molecule has 0 spiro atoms. The summed E-state index contributed by atoms with van der Waals surface area (Å²) in [6, 6.07) is 6.33. The van der Waals surface area contributed by atoms with Crippen LogP contribution in [0.4, 0.5) is 0 Å². The minimum Gasteiger partial charge on any atom is -0.351 e. The molecule has 1 amide bonds. The Balaban J connectivity index is 1.82. The summed E-state index contributed by atoms with van der Waals surface area (Å²) < 4.78 is 0. The molecule has 0 saturated carbocycles. The molecule has 29 heavy (non-hydrogen) atoms. The van der Waals surface area contributed by atoms with Crippen LogP contribution in [-0.2, 0) is 5.75 Å². The molecule has 0 atom stereocenters. The average Bonchev–Trinajstić information content (AvgIpc) is 3.03. The number of allylic oxidation sites excluding steroid dienone is 1. The van der Waals surface area contributed by atoms with Crippen molar-refractivity contribution in [2.75, 3.05) is 6.54 Å². The number of hydrogen-bond donors (Lipinski definition) is 2. The van der Waals surface area contributed by atoms with Crippen molar-refractivity contribution in [2.45, 2.75) is 44.8 Å². The number of fused-ring (bicyclic) bond motifs is 1. The molecule has 152 valence electrons. The van der Waals surface area contributed by atoms with Crippen LogP contribution in [0.1, 0.15) is 45.5 Å². The van der Waals surface area contributed by atoms with Gasteiger partial charge in [-0.25, -0.2) is 4.98 Å². The maximum atomic E-state index is 12.6. The minimum absolute atomic E-state index is 0.152. The minimum atomic E-state index is -0.187. The summed E-state index contributed by atoms with van der Waals surface area (Å²) in [5, 5.41) is 3.41. The van der Waals surface area contributed by atoms with Gasteiger partial charge in [0.05, 0.1) is 16.0 Å². The number of amides is 1. The van der Waals surface area contributed by atoms with Crippen molar-refractivity contribution in [3.05, 3.63) is 68.1 Å². The lowest BCUT2D eigenvalue weighted by Gasteiger charge is -2.06. The first-order valence-corrected chi connectivity index (χ1v) is 11.3. The third-order valence-electron chi connectivity index (χ3n) is 4.60. The SMILES string of the molecule is C/C=C/CCNC(=O)c1sc2nc(CSc3cc(C)ccc3C)[nH]c(=O)c2c1C. The molecular formula is C22H25N3O2S2. The van der Waals surface area contributed by atoms with Gasteiger partial charge < -0.3 is 10.3 Å². The van der Waals surface area contributed by atoms with Crippen molar-refractivity contribution in [3.8, 4) is 0 Å². The van der Waals surface area contributed by atoms with Crippen molar-refractivity contribution >= 4 is 39.2 Å². The highest BCUT2D eigenvalue weighted by Crippen LogP contribution is 2.29. The molecule has 0 aliphatic rings. The van der Waals surface area contributed by atoms with E-state index in [0.717, 1.165) is 6.42 Å². The molecule has 0 saturated heterocycles. The normalized spacial score (nSPS) is 11.4. The van der Waals surface area contributed by atoms with Gasteiger partial charge in [-0.05, 0) is 51.3 Å². The highest BCUT2D eigenvalue weighted by Gasteiger charge is 2.19. The Labute approximate surface area is 178 Å². The van der Waals surface area contributed by atoms with Gasteiger partial charge in [-0.1, -0.05) is 29.8 Å². The van der Waals surface area contributed by atoms with E-state index in [1.165, 1.54) is 27.4 Å². The molecular weight excluding hydrogens is 402 g/mol. The van der Waals surface area contributed by atoms with Crippen LogP contribution in [0.15, 0.2) is 40.0 Å². The number of carbonyl (C=O) groups excluding carboxylic acids is 1. The molecule has 0 aliphatic carbocycles. The fraction of sp³-hybridized carbons (Fsp3) is 0.318. The smallest absolute Gasteiger partial charge is 0.261 e. The van der Waals surface area contributed by atoms with E-state index in [9.17, 15) is 9.59 Å². The first kappa shape index (κ1) is 21.3. The topological polar surface area (TPSA) is 74.8 Å². The zero-order chi connectivity index (χ0) is 21.0. The van der Waals surface area contributed by atoms with Gasteiger partial charge in [0.25, 0.3) is 11.5 Å². The third-order valence-corrected chi connectivity index (χ3v) is 6.95. The second-order valence-electron chi connectivity index (χ2n) is 6.92. The molecule has 1 aromatic carbocycles. The predicted molar refractivity (Wildman–Crippen MR) is 122 cm³/mol. The van der Waals surface area contributed by atoms with Gasteiger partial charge in [0.2, 0.25) is 0 Å². The molecule has 0 fully saturated rings. The third kappa shape index (κ3) is 4.97. The second-order valence-corrected chi connectivity index (χ2v) is 8.94. The first-order chi connectivity index (χ1) is 13.9. The van der Waals surface area contributed by atoms with Crippen LogP contribution in [0.25, 0.3) is 10.2 Å². The highest BCUT2D eigenvalue weighted by molar-refractivity contribution is 7.98. The van der Waals surface area contributed by atoms with Crippen molar-refractivity contribution in [1.29, 1.82) is 0 Å². The molecule has 0 radical (unpaired) electrons. The number of hydrogen-bond acceptors (Lipinski definition) is 5. The molecule has 2 N–H and O–H groups in total. The van der Waals surface area contributed by atoms with E-state index in [1.54, 1.807) is 18.7 Å². The predicted octanol–water partition coefficient (Wildman–Crippen LogP) is 4.90. The van der Waals surface area contributed by atoms with E-state index < -0.39 is 0 Å². The lowest BCUT2D eigenvalue weighted by atomic mass is 10.2. The number of carbonyl (C=O) groups is 1. The fourth-order valence-electron chi connectivity index (χ4n) is 3.00. The van der Waals surface area contributed by atoms with Crippen LogP contribution in [-0.4, -0.2) is 22.4 Å². The Morgan fingerprint density at radius 2 is 2.10 bits per heavy atom. The molecule has 2 heterocycles. The lowest BCUT2D eigenvalue weighted by Crippen LogP contribution is -2.23. The number of nitrogens with one attached hydrogen (secondary N) is 2. The van der Waals surface area contributed by atoms with Crippen molar-refractivity contribution in [2.24, 2.45) is 0 Å². The van der Waals surface area contributed by atoms with E-state index in [2.05, 4.69) is 47.3 Å². The van der Waals surface area contributed by atoms with Gasteiger partial charge in [-0.2, -0.15) is 0 Å². The zero-order valence-electron chi connectivity index (χ0n) is 17.1. The van der Waals surface area contributed by atoms with Gasteiger partial charge in [0.1, 0.15) is 10.7 Å². The van der Waals surface area contributed by atoms with Crippen molar-refractivity contribution < 1.29 is 4.79 Å². The average molecular weight is 428 g/mol. The number of thiophene rings is 1. The molecule has 0 bridgehead atoms. The fourth-order valence-corrected chi connectivity index (χ4v) is 5.11. The summed E-state index contributed by atoms with van der Waals surface area (Å²) in [6.45, 7) is 8.46. The Bertz CT molecular complexity index is 1130. The summed E-state index contributed by atoms with van der Waals surface area (Å²) >= 11 is 2.93. The Morgan fingerprint density at radius 3 is 2.86 bits per heavy atom. The first-order valence-electron chi connectivity index (χ1n) is 9.52. The van der Waals surface area contributed by atoms with Crippen LogP contribution in [0.2, 0.25) is 0 Å². The molecule has 5 nitrogen and oxygen atoms in total. The van der Waals surface area contributed by atoms with Crippen molar-refractivity contribution in [1.82, 2.24) is 15.3 Å². The van der Waals surface area contributed by atoms with Crippen LogP contribution in [0.5, 0.6) is 0 Å². The molecule has 7 heteroatoms. The number of aryl methyl sites for hydroxylation is 3. The van der Waals surface area contributed by atoms with E-state index >= 15 is 0 Å². The molecule has 3 rings (SSSR count). The van der Waals surface area contributed by atoms with Crippen LogP contribution < -0.4 is 10.9 Å². The van der Waals surface area contributed by atoms with E-state index in [-0.39, 0.29) is 11.5 Å². The standard InChI is InChI=1S/C22H25N3O2S2/c1-5-6-7-10-23-21(27)19-15(4)18-20(26)24-17(25-22(18)29-19)12-28-16-11-13(2)8-9-14(16)3/h5-6,8-9,11H,7,10,12H2,1-4H3,(H,23,27)(H,24,25,26)/b6-5+. The quantitative estimate of drug-likeness (QED) is 0.320. The molecule has 0 unspecified atom stereocenters. The summed E-state index contributed by atoms with van der Waals surface area (Å²) in [5.41, 5.74) is 2.91. The monoisotopic (exact) mass is 427 g/mol. The van der Waals surface area contributed by atoms with Crippen LogP contribution in [0, 0.1) is 20.8 Å². The summed E-state index contributed by atoms with van der Waals surface area (Å²) in [5.74, 6) is 1.03. The lowest BCUT2D eigenvalue weighted by molar-refractivity contribution is 0.0958. The molecule has 0 aliphatic heterocycles. The number of aromatic amines is 1. The van der Waals surface area contributed by atoms with Crippen molar-refractivity contribution in [3.63, 3.8) is 0 Å². The largest absolute Gasteiger partial charge is 0.351 e. The molecule has 2 aromatic heterocycles. The zero-order valence-corrected chi connectivity index (χ0v) is 18.7. The number of H-pyrrole nitrogens is 1. The van der Waals surface area contributed by atoms with E-state index in [4.69, 9.17) is 0 Å². The van der Waals surface area contributed by atoms with Gasteiger partial charge >= 0.3 is 0 Å². The Hall–Kier alpha value is -2.38. The maximum absolute atomic E-state index is 12.6.